The van der Waals surface area contributed by atoms with E-state index in [1.807, 2.05) is 7.05 Å². The molecule has 1 saturated heterocycles. The molecule has 1 aliphatic heterocycles. The molecule has 0 aromatic heterocycles. The minimum absolute atomic E-state index is 0.0604. The lowest BCUT2D eigenvalue weighted by Crippen LogP contribution is -2.39. The third-order valence-corrected chi connectivity index (χ3v) is 3.64. The fourth-order valence-corrected chi connectivity index (χ4v) is 2.61. The minimum Gasteiger partial charge on any atom is -0.496 e. The fourth-order valence-electron chi connectivity index (χ4n) is 2.61. The van der Waals surface area contributed by atoms with Crippen molar-refractivity contribution >= 4 is 0 Å². The second-order valence-corrected chi connectivity index (χ2v) is 4.93. The minimum atomic E-state index is 0.0604. The SMILES string of the molecule is CNC(c1cc(C)c(OC)cc1C)C1COCCO1. The van der Waals surface area contributed by atoms with Crippen molar-refractivity contribution in [2.24, 2.45) is 0 Å². The fraction of sp³-hybridized carbons (Fsp3) is 0.600. The Balaban J connectivity index is 2.29. The lowest BCUT2D eigenvalue weighted by Gasteiger charge is -2.31. The maximum absolute atomic E-state index is 5.82. The average Bonchev–Trinajstić information content (AvgIpc) is 2.44. The topological polar surface area (TPSA) is 39.7 Å². The summed E-state index contributed by atoms with van der Waals surface area (Å²) in [5, 5.41) is 3.35. The van der Waals surface area contributed by atoms with Crippen LogP contribution in [-0.4, -0.2) is 40.1 Å². The number of hydrogen-bond acceptors (Lipinski definition) is 4. The Morgan fingerprint density at radius 1 is 1.26 bits per heavy atom. The van der Waals surface area contributed by atoms with E-state index in [0.717, 1.165) is 11.3 Å². The molecule has 19 heavy (non-hydrogen) atoms. The maximum atomic E-state index is 5.82. The molecular formula is C15H23NO3. The zero-order valence-electron chi connectivity index (χ0n) is 12.2. The number of nitrogens with one attached hydrogen (secondary N) is 1. The van der Waals surface area contributed by atoms with Gasteiger partial charge in [-0.2, -0.15) is 0 Å². The molecule has 1 aromatic rings. The van der Waals surface area contributed by atoms with E-state index in [9.17, 15) is 0 Å². The molecule has 2 unspecified atom stereocenters. The number of hydrogen-bond donors (Lipinski definition) is 1. The van der Waals surface area contributed by atoms with Gasteiger partial charge >= 0.3 is 0 Å². The molecule has 0 bridgehead atoms. The first-order valence-corrected chi connectivity index (χ1v) is 6.69. The van der Waals surface area contributed by atoms with Crippen molar-refractivity contribution in [1.29, 1.82) is 0 Å². The van der Waals surface area contributed by atoms with Crippen molar-refractivity contribution in [3.8, 4) is 5.75 Å². The summed E-state index contributed by atoms with van der Waals surface area (Å²) in [7, 11) is 3.66. The van der Waals surface area contributed by atoms with Crippen LogP contribution in [0.15, 0.2) is 12.1 Å². The van der Waals surface area contributed by atoms with Crippen LogP contribution in [0.3, 0.4) is 0 Å². The monoisotopic (exact) mass is 265 g/mol. The van der Waals surface area contributed by atoms with Crippen molar-refractivity contribution in [2.75, 3.05) is 34.0 Å². The van der Waals surface area contributed by atoms with Gasteiger partial charge in [0.2, 0.25) is 0 Å². The molecule has 0 spiro atoms. The Kier molecular flexibility index (Phi) is 4.80. The van der Waals surface area contributed by atoms with Crippen LogP contribution in [0.4, 0.5) is 0 Å². The van der Waals surface area contributed by atoms with E-state index in [0.29, 0.717) is 19.8 Å². The quantitative estimate of drug-likeness (QED) is 0.903. The summed E-state index contributed by atoms with van der Waals surface area (Å²) in [6, 6.07) is 4.40. The van der Waals surface area contributed by atoms with Gasteiger partial charge in [0, 0.05) is 0 Å². The van der Waals surface area contributed by atoms with Gasteiger partial charge in [0.1, 0.15) is 11.9 Å². The molecule has 0 aliphatic carbocycles. The molecule has 4 nitrogen and oxygen atoms in total. The third-order valence-electron chi connectivity index (χ3n) is 3.64. The van der Waals surface area contributed by atoms with Gasteiger partial charge in [-0.3, -0.25) is 0 Å². The van der Waals surface area contributed by atoms with E-state index in [1.54, 1.807) is 7.11 Å². The van der Waals surface area contributed by atoms with Crippen molar-refractivity contribution in [1.82, 2.24) is 5.32 Å². The van der Waals surface area contributed by atoms with Crippen LogP contribution < -0.4 is 10.1 Å². The Labute approximate surface area is 115 Å². The van der Waals surface area contributed by atoms with Gasteiger partial charge in [0.15, 0.2) is 0 Å². The standard InChI is InChI=1S/C15H23NO3/c1-10-8-13(17-4)11(2)7-12(10)15(16-3)14-9-18-5-6-19-14/h7-8,14-16H,5-6,9H2,1-4H3. The lowest BCUT2D eigenvalue weighted by atomic mass is 9.94. The molecule has 0 saturated carbocycles. The summed E-state index contributed by atoms with van der Waals surface area (Å²) >= 11 is 0. The Bertz CT molecular complexity index is 428. The van der Waals surface area contributed by atoms with E-state index in [4.69, 9.17) is 14.2 Å². The van der Waals surface area contributed by atoms with Crippen LogP contribution in [0.5, 0.6) is 5.75 Å². The van der Waals surface area contributed by atoms with E-state index in [2.05, 4.69) is 31.3 Å². The van der Waals surface area contributed by atoms with Crippen LogP contribution in [-0.2, 0) is 9.47 Å². The van der Waals surface area contributed by atoms with Crippen LogP contribution in [0, 0.1) is 13.8 Å². The molecule has 1 heterocycles. The van der Waals surface area contributed by atoms with Gasteiger partial charge < -0.3 is 19.5 Å². The summed E-state index contributed by atoms with van der Waals surface area (Å²) in [5.74, 6) is 0.928. The number of aryl methyl sites for hydroxylation is 2. The number of ether oxygens (including phenoxy) is 3. The first-order valence-electron chi connectivity index (χ1n) is 6.69. The smallest absolute Gasteiger partial charge is 0.122 e. The van der Waals surface area contributed by atoms with Crippen molar-refractivity contribution in [3.05, 3.63) is 28.8 Å². The number of methoxy groups -OCH3 is 1. The van der Waals surface area contributed by atoms with Crippen LogP contribution in [0.2, 0.25) is 0 Å². The predicted molar refractivity (Wildman–Crippen MR) is 74.8 cm³/mol. The second-order valence-electron chi connectivity index (χ2n) is 4.93. The molecule has 1 fully saturated rings. The molecule has 2 atom stereocenters. The summed E-state index contributed by atoms with van der Waals surface area (Å²) in [4.78, 5) is 0. The van der Waals surface area contributed by atoms with Gasteiger partial charge in [-0.05, 0) is 43.7 Å². The van der Waals surface area contributed by atoms with E-state index in [-0.39, 0.29) is 12.1 Å². The number of likely N-dealkylation sites (N-methyl/N-ethyl adjacent to an activating group) is 1. The zero-order valence-corrected chi connectivity index (χ0v) is 12.2. The highest BCUT2D eigenvalue weighted by atomic mass is 16.6. The summed E-state index contributed by atoms with van der Waals surface area (Å²) in [6.07, 6.45) is 0.0604. The van der Waals surface area contributed by atoms with Crippen molar-refractivity contribution in [2.45, 2.75) is 26.0 Å². The molecule has 1 aliphatic rings. The lowest BCUT2D eigenvalue weighted by molar-refractivity contribution is -0.101. The summed E-state index contributed by atoms with van der Waals surface area (Å²) < 4.78 is 16.7. The Hall–Kier alpha value is -1.10. The highest BCUT2D eigenvalue weighted by Gasteiger charge is 2.27. The van der Waals surface area contributed by atoms with Gasteiger partial charge in [-0.15, -0.1) is 0 Å². The molecule has 4 heteroatoms. The second kappa shape index (κ2) is 6.37. The summed E-state index contributed by atoms with van der Waals surface area (Å²) in [6.45, 7) is 6.15. The third kappa shape index (κ3) is 3.08. The van der Waals surface area contributed by atoms with Crippen LogP contribution >= 0.6 is 0 Å². The molecule has 2 rings (SSSR count). The van der Waals surface area contributed by atoms with E-state index >= 15 is 0 Å². The molecule has 0 amide bonds. The molecule has 1 aromatic carbocycles. The first kappa shape index (κ1) is 14.3. The molecule has 106 valence electrons. The molecule has 1 N–H and O–H groups in total. The Morgan fingerprint density at radius 3 is 2.63 bits per heavy atom. The number of rotatable bonds is 4. The maximum Gasteiger partial charge on any atom is 0.122 e. The first-order chi connectivity index (χ1) is 9.17. The number of benzene rings is 1. The summed E-state index contributed by atoms with van der Waals surface area (Å²) in [5.41, 5.74) is 3.59. The highest BCUT2D eigenvalue weighted by Crippen LogP contribution is 2.29. The highest BCUT2D eigenvalue weighted by molar-refractivity contribution is 5.43. The molecular weight excluding hydrogens is 242 g/mol. The normalized spacial score (nSPS) is 21.2. The predicted octanol–water partition coefficient (Wildman–Crippen LogP) is 1.99. The largest absolute Gasteiger partial charge is 0.496 e. The van der Waals surface area contributed by atoms with Gasteiger partial charge in [-0.25, -0.2) is 0 Å². The van der Waals surface area contributed by atoms with E-state index < -0.39 is 0 Å². The average molecular weight is 265 g/mol. The van der Waals surface area contributed by atoms with Crippen LogP contribution in [0.25, 0.3) is 0 Å². The van der Waals surface area contributed by atoms with Crippen molar-refractivity contribution in [3.63, 3.8) is 0 Å². The zero-order chi connectivity index (χ0) is 13.8. The van der Waals surface area contributed by atoms with Gasteiger partial charge in [-0.1, -0.05) is 6.07 Å². The Morgan fingerprint density at radius 2 is 2.05 bits per heavy atom. The molecule has 0 radical (unpaired) electrons. The van der Waals surface area contributed by atoms with E-state index in [1.165, 1.54) is 11.1 Å². The van der Waals surface area contributed by atoms with Gasteiger partial charge in [0.05, 0.1) is 33.0 Å². The van der Waals surface area contributed by atoms with Crippen LogP contribution in [0.1, 0.15) is 22.7 Å². The van der Waals surface area contributed by atoms with Crippen molar-refractivity contribution < 1.29 is 14.2 Å². The van der Waals surface area contributed by atoms with Gasteiger partial charge in [0.25, 0.3) is 0 Å².